The third-order valence-corrected chi connectivity index (χ3v) is 7.29. The minimum Gasteiger partial charge on any atom is -0.543 e. The van der Waals surface area contributed by atoms with E-state index in [2.05, 4.69) is 19.8 Å². The summed E-state index contributed by atoms with van der Waals surface area (Å²) in [6.45, 7) is -0.0903. The van der Waals surface area contributed by atoms with Gasteiger partial charge in [0.1, 0.15) is 17.5 Å². The minimum atomic E-state index is -1.54. The summed E-state index contributed by atoms with van der Waals surface area (Å²) < 4.78 is 5.64. The van der Waals surface area contributed by atoms with E-state index in [1.807, 2.05) is 0 Å². The van der Waals surface area contributed by atoms with E-state index in [1.54, 1.807) is 47.3 Å². The van der Waals surface area contributed by atoms with Gasteiger partial charge in [0.05, 0.1) is 17.2 Å². The number of aromatic nitrogens is 3. The number of allylic oxidation sites excluding steroid dienone is 2. The number of rotatable bonds is 10. The van der Waals surface area contributed by atoms with Crippen molar-refractivity contribution in [1.29, 1.82) is 5.26 Å². The van der Waals surface area contributed by atoms with Crippen molar-refractivity contribution < 1.29 is 33.7 Å². The molecule has 39 heavy (non-hydrogen) atoms. The first-order valence-corrected chi connectivity index (χ1v) is 12.9. The first-order valence-electron chi connectivity index (χ1n) is 11.0. The first-order chi connectivity index (χ1) is 18.7. The van der Waals surface area contributed by atoms with Crippen LogP contribution in [0.5, 0.6) is 0 Å². The van der Waals surface area contributed by atoms with Crippen LogP contribution < -0.4 is 26.5 Å². The molecule has 0 aliphatic carbocycles. The van der Waals surface area contributed by atoms with Gasteiger partial charge in [0, 0.05) is 29.4 Å². The molecule has 0 unspecified atom stereocenters. The van der Waals surface area contributed by atoms with E-state index in [0.29, 0.717) is 17.7 Å². The largest absolute Gasteiger partial charge is 0.543 e. The highest BCUT2D eigenvalue weighted by Gasteiger charge is 2.53. The number of nitrogen functional groups attached to an aromatic ring is 1. The maximum absolute atomic E-state index is 12.9. The molecule has 1 saturated heterocycles. The summed E-state index contributed by atoms with van der Waals surface area (Å²) in [5.41, 5.74) is 10.8. The lowest BCUT2D eigenvalue weighted by Gasteiger charge is -2.50. The second-order valence-electron chi connectivity index (χ2n) is 7.90. The van der Waals surface area contributed by atoms with Crippen LogP contribution in [-0.2, 0) is 25.8 Å². The van der Waals surface area contributed by atoms with Gasteiger partial charge >= 0.3 is 0 Å². The van der Waals surface area contributed by atoms with E-state index >= 15 is 0 Å². The van der Waals surface area contributed by atoms with Gasteiger partial charge in [-0.25, -0.2) is 4.57 Å². The molecule has 17 heteroatoms. The van der Waals surface area contributed by atoms with E-state index in [-0.39, 0.29) is 22.4 Å². The number of primary amides is 1. The van der Waals surface area contributed by atoms with Gasteiger partial charge in [-0.1, -0.05) is 11.2 Å². The van der Waals surface area contributed by atoms with Crippen molar-refractivity contribution in [3.8, 4) is 6.07 Å². The van der Waals surface area contributed by atoms with Gasteiger partial charge in [0.2, 0.25) is 24.1 Å². The van der Waals surface area contributed by atoms with Crippen LogP contribution in [0.25, 0.3) is 0 Å². The number of hydrogen-bond donors (Lipinski definition) is 3. The molecule has 2 atom stereocenters. The highest BCUT2D eigenvalue weighted by atomic mass is 32.2. The summed E-state index contributed by atoms with van der Waals surface area (Å²) in [5, 5.41) is 26.1. The van der Waals surface area contributed by atoms with E-state index in [1.165, 1.54) is 11.8 Å². The molecule has 200 valence electrons. The Balaban J connectivity index is 1.47. The molecule has 5 N–H and O–H groups in total. The molecule has 2 aliphatic rings. The Morgan fingerprint density at radius 3 is 2.74 bits per heavy atom. The zero-order valence-corrected chi connectivity index (χ0v) is 21.5. The Kier molecular flexibility index (Phi) is 8.17. The van der Waals surface area contributed by atoms with Gasteiger partial charge < -0.3 is 31.5 Å². The number of nitrogens with zero attached hydrogens (tertiary/aromatic N) is 6. The molecule has 4 heterocycles. The fourth-order valence-electron chi connectivity index (χ4n) is 3.67. The number of β-lactam (4-membered cyclic amide) rings is 1. The summed E-state index contributed by atoms with van der Waals surface area (Å²) in [6, 6.07) is 3.74. The third-order valence-electron chi connectivity index (χ3n) is 5.44. The highest BCUT2D eigenvalue weighted by Crippen LogP contribution is 2.40. The van der Waals surface area contributed by atoms with E-state index in [0.717, 1.165) is 16.4 Å². The lowest BCUT2D eigenvalue weighted by Crippen LogP contribution is -2.71. The number of fused-ring (bicyclic) bond motifs is 1. The first kappa shape index (κ1) is 27.2. The van der Waals surface area contributed by atoms with Crippen molar-refractivity contribution in [2.24, 2.45) is 10.9 Å². The number of anilines is 1. The molecule has 0 saturated carbocycles. The van der Waals surface area contributed by atoms with Gasteiger partial charge in [-0.15, -0.1) is 11.8 Å². The van der Waals surface area contributed by atoms with Crippen molar-refractivity contribution in [1.82, 2.24) is 19.6 Å². The quantitative estimate of drug-likeness (QED) is 0.0883. The fraction of sp³-hybridized carbons (Fsp3) is 0.227. The number of pyridine rings is 1. The Morgan fingerprint density at radius 1 is 1.38 bits per heavy atom. The summed E-state index contributed by atoms with van der Waals surface area (Å²) in [6.07, 6.45) is 6.57. The summed E-state index contributed by atoms with van der Waals surface area (Å²) in [5.74, 6) is -3.55. The number of carboxylic acid groups (broad SMARTS) is 1. The van der Waals surface area contributed by atoms with Crippen LogP contribution in [0.1, 0.15) is 16.2 Å². The summed E-state index contributed by atoms with van der Waals surface area (Å²) >= 11 is 2.06. The van der Waals surface area contributed by atoms with Crippen molar-refractivity contribution >= 4 is 57.8 Å². The number of aliphatic carboxylic acids is 1. The molecule has 0 spiro atoms. The molecule has 0 aromatic carbocycles. The Labute approximate surface area is 228 Å². The van der Waals surface area contributed by atoms with E-state index < -0.39 is 47.4 Å². The van der Waals surface area contributed by atoms with Crippen molar-refractivity contribution in [3.63, 3.8) is 0 Å². The lowest BCUT2D eigenvalue weighted by molar-refractivity contribution is -0.687. The van der Waals surface area contributed by atoms with Crippen molar-refractivity contribution in [3.05, 3.63) is 59.3 Å². The van der Waals surface area contributed by atoms with Crippen LogP contribution in [0.3, 0.4) is 0 Å². The zero-order chi connectivity index (χ0) is 28.1. The van der Waals surface area contributed by atoms with Crippen molar-refractivity contribution in [2.45, 2.75) is 18.0 Å². The number of carbonyl (C=O) groups is 4. The van der Waals surface area contributed by atoms with Crippen LogP contribution in [0.4, 0.5) is 5.13 Å². The average Bonchev–Trinajstić information content (AvgIpc) is 3.35. The molecule has 2 aliphatic heterocycles. The molecule has 2 aromatic heterocycles. The standard InChI is InChI=1S/C22H19N9O6S2/c23-5-9-37-28-13(17-27-22(25)39-29-17)18(33)26-14-19(34)31-15(21(35)36)12(10-38-20(14)31)2-1-6-30-7-3-11(4-8-30)16(24)32/h1-4,7-8,14,20H,6,9-10H2,(H5-,24,25,26,27,29,32,33,35,36)/b2-1+,28-13-/t14-,20+/m1/s1. The molecule has 3 amide bonds. The molecule has 4 rings (SSSR count). The van der Waals surface area contributed by atoms with Gasteiger partial charge in [-0.2, -0.15) is 14.6 Å². The zero-order valence-electron chi connectivity index (χ0n) is 19.8. The number of carbonyl (C=O) groups excluding carboxylic acids is 4. The topological polar surface area (TPSA) is 234 Å². The van der Waals surface area contributed by atoms with Crippen LogP contribution in [-0.4, -0.2) is 67.4 Å². The molecule has 0 bridgehead atoms. The third kappa shape index (κ3) is 5.86. The number of thioether (sulfide) groups is 1. The second-order valence-corrected chi connectivity index (χ2v) is 9.79. The summed E-state index contributed by atoms with van der Waals surface area (Å²) in [7, 11) is 0. The number of oxime groups is 1. The number of nitrogens with two attached hydrogens (primary N) is 2. The maximum Gasteiger partial charge on any atom is 0.278 e. The van der Waals surface area contributed by atoms with Crippen LogP contribution >= 0.6 is 23.3 Å². The second kappa shape index (κ2) is 11.7. The monoisotopic (exact) mass is 569 g/mol. The Hall–Kier alpha value is -4.82. The minimum absolute atomic E-state index is 0.0601. The maximum atomic E-state index is 12.9. The number of carboxylic acids is 1. The SMILES string of the molecule is N#CCO/N=C(\C(=O)N[C@@H]1C(=O)N2C(C(=O)[O-])=C(/C=C/C[n+]3ccc(C(N)=O)cc3)CS[C@@H]12)c1nsc(N)n1. The molecular weight excluding hydrogens is 550 g/mol. The van der Waals surface area contributed by atoms with Crippen LogP contribution in [0.2, 0.25) is 0 Å². The lowest BCUT2D eigenvalue weighted by atomic mass is 10.0. The van der Waals surface area contributed by atoms with Gasteiger partial charge in [0.25, 0.3) is 11.8 Å². The predicted molar refractivity (Wildman–Crippen MR) is 134 cm³/mol. The summed E-state index contributed by atoms with van der Waals surface area (Å²) in [4.78, 5) is 58.7. The molecule has 1 fully saturated rings. The molecule has 2 aromatic rings. The number of amides is 3. The smallest absolute Gasteiger partial charge is 0.278 e. The van der Waals surface area contributed by atoms with E-state index in [9.17, 15) is 24.3 Å². The average molecular weight is 570 g/mol. The highest BCUT2D eigenvalue weighted by molar-refractivity contribution is 8.00. The molecule has 0 radical (unpaired) electrons. The fourth-order valence-corrected chi connectivity index (χ4v) is 5.42. The predicted octanol–water partition coefficient (Wildman–Crippen LogP) is -2.59. The number of nitriles is 1. The number of hydrogen-bond acceptors (Lipinski definition) is 13. The van der Waals surface area contributed by atoms with Gasteiger partial charge in [-0.05, 0) is 11.6 Å². The van der Waals surface area contributed by atoms with Crippen LogP contribution in [0, 0.1) is 11.3 Å². The normalized spacial score (nSPS) is 18.8. The van der Waals surface area contributed by atoms with Gasteiger partial charge in [-0.3, -0.25) is 19.3 Å². The molecule has 15 nitrogen and oxygen atoms in total. The number of nitrogens with one attached hydrogen (secondary N) is 1. The van der Waals surface area contributed by atoms with E-state index in [4.69, 9.17) is 21.6 Å². The van der Waals surface area contributed by atoms with Crippen LogP contribution in [0.15, 0.2) is 53.1 Å². The Bertz CT molecular complexity index is 1460. The van der Waals surface area contributed by atoms with Gasteiger partial charge in [0.15, 0.2) is 24.1 Å². The Morgan fingerprint density at radius 2 is 2.13 bits per heavy atom. The van der Waals surface area contributed by atoms with Crippen molar-refractivity contribution in [2.75, 3.05) is 18.1 Å². The molecular formula is C22H19N9O6S2.